The van der Waals surface area contributed by atoms with Crippen LogP contribution in [0.1, 0.15) is 9.88 Å². The van der Waals surface area contributed by atoms with Crippen molar-refractivity contribution in [2.24, 2.45) is 5.73 Å². The molecule has 0 fully saturated rings. The van der Waals surface area contributed by atoms with E-state index in [1.807, 2.05) is 30.3 Å². The Balaban J connectivity index is 2.04. The third kappa shape index (κ3) is 4.06. The minimum absolute atomic E-state index is 0.246. The van der Waals surface area contributed by atoms with Gasteiger partial charge < -0.3 is 10.5 Å². The zero-order valence-electron chi connectivity index (χ0n) is 10.9. The van der Waals surface area contributed by atoms with E-state index in [1.165, 1.54) is 11.3 Å². The molecule has 0 spiro atoms. The molecule has 0 unspecified atom stereocenters. The molecule has 0 bridgehead atoms. The van der Waals surface area contributed by atoms with Crippen LogP contribution in [0.4, 0.5) is 8.78 Å². The monoisotopic (exact) mass is 298 g/mol. The summed E-state index contributed by atoms with van der Waals surface area (Å²) in [4.78, 5) is 5.54. The summed E-state index contributed by atoms with van der Waals surface area (Å²) in [6.07, 6.45) is -1.90. The first-order valence-corrected chi connectivity index (χ1v) is 7.12. The van der Waals surface area contributed by atoms with Crippen molar-refractivity contribution in [2.45, 2.75) is 19.4 Å². The van der Waals surface area contributed by atoms with Crippen molar-refractivity contribution < 1.29 is 13.5 Å². The maximum Gasteiger partial charge on any atom is 0.261 e. The van der Waals surface area contributed by atoms with Gasteiger partial charge >= 0.3 is 0 Å². The molecular weight excluding hydrogens is 282 g/mol. The number of nitrogens with zero attached hydrogens (tertiary/aromatic N) is 1. The number of nitrogens with two attached hydrogens (primary N) is 1. The Bertz CT molecular complexity index is 531. The summed E-state index contributed by atoms with van der Waals surface area (Å²) in [6, 6.07) is 9.79. The Labute approximate surface area is 120 Å². The van der Waals surface area contributed by atoms with Crippen LogP contribution in [0.5, 0.6) is 0 Å². The van der Waals surface area contributed by atoms with Gasteiger partial charge in [0, 0.05) is 23.4 Å². The third-order valence-electron chi connectivity index (χ3n) is 2.68. The average molecular weight is 298 g/mol. The molecule has 3 nitrogen and oxygen atoms in total. The van der Waals surface area contributed by atoms with Gasteiger partial charge in [0.25, 0.3) is 6.43 Å². The number of hydrogen-bond acceptors (Lipinski definition) is 4. The van der Waals surface area contributed by atoms with E-state index in [0.717, 1.165) is 21.1 Å². The molecule has 0 radical (unpaired) electrons. The van der Waals surface area contributed by atoms with Crippen molar-refractivity contribution in [2.75, 3.05) is 13.2 Å². The fourth-order valence-electron chi connectivity index (χ4n) is 1.80. The molecule has 20 heavy (non-hydrogen) atoms. The average Bonchev–Trinajstić information content (AvgIpc) is 2.87. The van der Waals surface area contributed by atoms with E-state index < -0.39 is 13.0 Å². The maximum atomic E-state index is 12.0. The normalized spacial score (nSPS) is 11.2. The summed E-state index contributed by atoms with van der Waals surface area (Å²) >= 11 is 1.51. The van der Waals surface area contributed by atoms with Gasteiger partial charge in [-0.25, -0.2) is 13.8 Å². The molecule has 0 saturated heterocycles. The first-order valence-electron chi connectivity index (χ1n) is 6.30. The quantitative estimate of drug-likeness (QED) is 0.799. The minimum Gasteiger partial charge on any atom is -0.375 e. The number of rotatable bonds is 7. The molecule has 2 N–H and O–H groups in total. The van der Waals surface area contributed by atoms with Crippen LogP contribution in [0, 0.1) is 0 Å². The lowest BCUT2D eigenvalue weighted by atomic mass is 10.1. The molecule has 0 atom stereocenters. The van der Waals surface area contributed by atoms with E-state index in [1.54, 1.807) is 0 Å². The van der Waals surface area contributed by atoms with E-state index in [4.69, 9.17) is 10.5 Å². The molecule has 6 heteroatoms. The number of thiazole rings is 1. The second-order valence-corrected chi connectivity index (χ2v) is 5.33. The van der Waals surface area contributed by atoms with Gasteiger partial charge in [0.1, 0.15) is 6.61 Å². The summed E-state index contributed by atoms with van der Waals surface area (Å²) < 4.78 is 28.8. The molecule has 0 aliphatic rings. The van der Waals surface area contributed by atoms with Gasteiger partial charge in [-0.3, -0.25) is 0 Å². The van der Waals surface area contributed by atoms with Gasteiger partial charge in [-0.15, -0.1) is 11.3 Å². The van der Waals surface area contributed by atoms with Gasteiger partial charge in [0.15, 0.2) is 0 Å². The van der Waals surface area contributed by atoms with Crippen molar-refractivity contribution in [1.29, 1.82) is 0 Å². The number of ether oxygens (including phenoxy) is 1. The van der Waals surface area contributed by atoms with E-state index in [9.17, 15) is 8.78 Å². The molecule has 1 aromatic heterocycles. The molecule has 108 valence electrons. The lowest BCUT2D eigenvalue weighted by molar-refractivity contribution is 0.0187. The van der Waals surface area contributed by atoms with Crippen molar-refractivity contribution in [3.05, 3.63) is 40.2 Å². The smallest absolute Gasteiger partial charge is 0.261 e. The van der Waals surface area contributed by atoms with Gasteiger partial charge in [-0.2, -0.15) is 0 Å². The molecule has 1 heterocycles. The van der Waals surface area contributed by atoms with Crippen LogP contribution in [0.15, 0.2) is 30.3 Å². The summed E-state index contributed by atoms with van der Waals surface area (Å²) in [5, 5.41) is 0.860. The third-order valence-corrected chi connectivity index (χ3v) is 3.82. The second kappa shape index (κ2) is 7.42. The molecule has 2 rings (SSSR count). The highest BCUT2D eigenvalue weighted by Gasteiger charge is 2.12. The number of halogens is 2. The summed E-state index contributed by atoms with van der Waals surface area (Å²) in [6.45, 7) is 0.135. The predicted molar refractivity (Wildman–Crippen MR) is 76.0 cm³/mol. The standard InChI is InChI=1S/C14H16F2N2OS/c15-12(16)9-19-7-6-13-18-14(11(8-17)20-13)10-4-2-1-3-5-10/h1-5,12H,6-9,17H2. The lowest BCUT2D eigenvalue weighted by Gasteiger charge is -2.00. The SMILES string of the molecule is NCc1sc(CCOCC(F)F)nc1-c1ccccc1. The maximum absolute atomic E-state index is 12.0. The van der Waals surface area contributed by atoms with Crippen molar-refractivity contribution in [3.63, 3.8) is 0 Å². The molecule has 0 saturated carbocycles. The zero-order valence-corrected chi connectivity index (χ0v) is 11.7. The van der Waals surface area contributed by atoms with E-state index in [0.29, 0.717) is 13.0 Å². The lowest BCUT2D eigenvalue weighted by Crippen LogP contribution is -2.06. The van der Waals surface area contributed by atoms with Crippen LogP contribution in [0.25, 0.3) is 11.3 Å². The Hall–Kier alpha value is -1.37. The highest BCUT2D eigenvalue weighted by Crippen LogP contribution is 2.28. The zero-order chi connectivity index (χ0) is 14.4. The summed E-state index contributed by atoms with van der Waals surface area (Å²) in [7, 11) is 0. The summed E-state index contributed by atoms with van der Waals surface area (Å²) in [5.74, 6) is 0. The highest BCUT2D eigenvalue weighted by molar-refractivity contribution is 7.12. The predicted octanol–water partition coefficient (Wildman–Crippen LogP) is 3.09. The first-order chi connectivity index (χ1) is 9.70. The Morgan fingerprint density at radius 1 is 1.25 bits per heavy atom. The number of aromatic nitrogens is 1. The summed E-state index contributed by atoms with van der Waals surface area (Å²) in [5.41, 5.74) is 7.63. The van der Waals surface area contributed by atoms with E-state index in [2.05, 4.69) is 4.98 Å². The van der Waals surface area contributed by atoms with Crippen LogP contribution in [0.2, 0.25) is 0 Å². The second-order valence-electron chi connectivity index (χ2n) is 4.17. The minimum atomic E-state index is -2.43. The van der Waals surface area contributed by atoms with Crippen LogP contribution in [-0.2, 0) is 17.7 Å². The largest absolute Gasteiger partial charge is 0.375 e. The van der Waals surface area contributed by atoms with E-state index in [-0.39, 0.29) is 6.61 Å². The topological polar surface area (TPSA) is 48.1 Å². The van der Waals surface area contributed by atoms with E-state index >= 15 is 0 Å². The fraction of sp³-hybridized carbons (Fsp3) is 0.357. The molecule has 0 aliphatic carbocycles. The van der Waals surface area contributed by atoms with Gasteiger partial charge in [0.2, 0.25) is 0 Å². The van der Waals surface area contributed by atoms with Crippen LogP contribution in [0.3, 0.4) is 0 Å². The Morgan fingerprint density at radius 2 is 2.00 bits per heavy atom. The Kier molecular flexibility index (Phi) is 5.58. The van der Waals surface area contributed by atoms with Crippen molar-refractivity contribution in [3.8, 4) is 11.3 Å². The molecule has 0 aliphatic heterocycles. The fourth-order valence-corrected chi connectivity index (χ4v) is 2.75. The highest BCUT2D eigenvalue weighted by atomic mass is 32.1. The van der Waals surface area contributed by atoms with Crippen LogP contribution in [-0.4, -0.2) is 24.6 Å². The molecule has 2 aromatic rings. The van der Waals surface area contributed by atoms with Crippen molar-refractivity contribution in [1.82, 2.24) is 4.98 Å². The van der Waals surface area contributed by atoms with Gasteiger partial charge in [-0.05, 0) is 0 Å². The molecular formula is C14H16F2N2OS. The molecule has 1 aromatic carbocycles. The number of alkyl halides is 2. The van der Waals surface area contributed by atoms with Crippen molar-refractivity contribution >= 4 is 11.3 Å². The van der Waals surface area contributed by atoms with Gasteiger partial charge in [-0.1, -0.05) is 30.3 Å². The van der Waals surface area contributed by atoms with Gasteiger partial charge in [0.05, 0.1) is 17.3 Å². The number of benzene rings is 1. The first kappa shape index (κ1) is 15.0. The van der Waals surface area contributed by atoms with Crippen LogP contribution < -0.4 is 5.73 Å². The Morgan fingerprint density at radius 3 is 2.65 bits per heavy atom. The number of hydrogen-bond donors (Lipinski definition) is 1. The molecule has 0 amide bonds. The van der Waals surface area contributed by atoms with Crippen LogP contribution >= 0.6 is 11.3 Å².